The lowest BCUT2D eigenvalue weighted by Gasteiger charge is -2.00. The second kappa shape index (κ2) is 5.32. The largest absolute Gasteiger partial charge is 0.294 e. The Morgan fingerprint density at radius 1 is 1.54 bits per heavy atom. The highest BCUT2D eigenvalue weighted by Gasteiger charge is 2.06. The van der Waals surface area contributed by atoms with E-state index in [1.807, 2.05) is 12.1 Å². The lowest BCUT2D eigenvalue weighted by atomic mass is 10.1. The van der Waals surface area contributed by atoms with E-state index in [0.29, 0.717) is 12.3 Å². The summed E-state index contributed by atoms with van der Waals surface area (Å²) in [7, 11) is 0. The highest BCUT2D eigenvalue weighted by Crippen LogP contribution is 2.20. The molecular formula is C9H7BrClIO. The van der Waals surface area contributed by atoms with Gasteiger partial charge in [-0.3, -0.25) is 4.79 Å². The Bertz CT molecular complexity index is 327. The van der Waals surface area contributed by atoms with Crippen LogP contribution in [0.4, 0.5) is 0 Å². The molecule has 1 nitrogen and oxygen atoms in total. The third-order valence-electron chi connectivity index (χ3n) is 1.56. The molecule has 0 amide bonds. The quantitative estimate of drug-likeness (QED) is 0.447. The van der Waals surface area contributed by atoms with Crippen LogP contribution in [0, 0.1) is 3.57 Å². The van der Waals surface area contributed by atoms with Crippen molar-refractivity contribution in [3.05, 3.63) is 31.8 Å². The fourth-order valence-electron chi connectivity index (χ4n) is 0.900. The molecule has 0 saturated carbocycles. The summed E-state index contributed by atoms with van der Waals surface area (Å²) in [5.41, 5.74) is 0.730. The topological polar surface area (TPSA) is 17.1 Å². The molecule has 0 radical (unpaired) electrons. The summed E-state index contributed by atoms with van der Waals surface area (Å²) in [5, 5.41) is 0. The van der Waals surface area contributed by atoms with E-state index in [9.17, 15) is 4.79 Å². The molecule has 0 fully saturated rings. The van der Waals surface area contributed by atoms with Crippen molar-refractivity contribution in [1.82, 2.24) is 0 Å². The van der Waals surface area contributed by atoms with E-state index in [0.717, 1.165) is 13.6 Å². The zero-order valence-corrected chi connectivity index (χ0v) is 11.2. The normalized spacial score (nSPS) is 10.1. The van der Waals surface area contributed by atoms with E-state index in [1.165, 1.54) is 0 Å². The number of alkyl halides is 1. The van der Waals surface area contributed by atoms with Crippen molar-refractivity contribution in [3.8, 4) is 0 Å². The van der Waals surface area contributed by atoms with Gasteiger partial charge in [-0.2, -0.15) is 0 Å². The minimum absolute atomic E-state index is 0.0976. The van der Waals surface area contributed by atoms with Crippen LogP contribution in [-0.2, 0) is 0 Å². The molecule has 0 atom stereocenters. The number of hydrogen-bond donors (Lipinski definition) is 0. The number of ketones is 1. The summed E-state index contributed by atoms with van der Waals surface area (Å²) in [4.78, 5) is 11.4. The van der Waals surface area contributed by atoms with Crippen LogP contribution in [0.5, 0.6) is 0 Å². The molecule has 0 aliphatic carbocycles. The lowest BCUT2D eigenvalue weighted by molar-refractivity contribution is 0.0989. The van der Waals surface area contributed by atoms with Crippen LogP contribution in [0.1, 0.15) is 16.8 Å². The van der Waals surface area contributed by atoms with Crippen molar-refractivity contribution in [2.75, 3.05) is 5.88 Å². The van der Waals surface area contributed by atoms with E-state index in [4.69, 9.17) is 11.6 Å². The lowest BCUT2D eigenvalue weighted by Crippen LogP contribution is -1.99. The summed E-state index contributed by atoms with van der Waals surface area (Å²) < 4.78 is 2.05. The van der Waals surface area contributed by atoms with E-state index in [-0.39, 0.29) is 5.78 Å². The zero-order chi connectivity index (χ0) is 9.84. The summed E-state index contributed by atoms with van der Waals surface area (Å²) >= 11 is 11.0. The third kappa shape index (κ3) is 3.22. The van der Waals surface area contributed by atoms with E-state index >= 15 is 0 Å². The molecule has 70 valence electrons. The van der Waals surface area contributed by atoms with Crippen molar-refractivity contribution in [3.63, 3.8) is 0 Å². The number of Topliss-reactive ketones (excluding diaryl/α,β-unsaturated/α-hetero) is 1. The van der Waals surface area contributed by atoms with Gasteiger partial charge in [0.1, 0.15) is 0 Å². The van der Waals surface area contributed by atoms with Crippen molar-refractivity contribution < 1.29 is 4.79 Å². The van der Waals surface area contributed by atoms with E-state index in [2.05, 4.69) is 38.5 Å². The average Bonchev–Trinajstić information content (AvgIpc) is 2.10. The van der Waals surface area contributed by atoms with Gasteiger partial charge < -0.3 is 0 Å². The maximum atomic E-state index is 11.4. The number of halogens is 3. The zero-order valence-electron chi connectivity index (χ0n) is 6.69. The van der Waals surface area contributed by atoms with Crippen molar-refractivity contribution in [2.24, 2.45) is 0 Å². The molecule has 4 heteroatoms. The second-order valence-electron chi connectivity index (χ2n) is 2.49. The Morgan fingerprint density at radius 2 is 2.23 bits per heavy atom. The molecule has 0 saturated heterocycles. The van der Waals surface area contributed by atoms with Gasteiger partial charge in [-0.05, 0) is 50.7 Å². The van der Waals surface area contributed by atoms with Gasteiger partial charge in [0.2, 0.25) is 0 Å². The van der Waals surface area contributed by atoms with Crippen LogP contribution >= 0.6 is 50.1 Å². The predicted molar refractivity (Wildman–Crippen MR) is 66.5 cm³/mol. The van der Waals surface area contributed by atoms with Gasteiger partial charge in [0.25, 0.3) is 0 Å². The van der Waals surface area contributed by atoms with Crippen LogP contribution < -0.4 is 0 Å². The highest BCUT2D eigenvalue weighted by molar-refractivity contribution is 14.1. The van der Waals surface area contributed by atoms with Crippen molar-refractivity contribution in [1.29, 1.82) is 0 Å². The maximum absolute atomic E-state index is 11.4. The summed E-state index contributed by atoms with van der Waals surface area (Å²) in [6.45, 7) is 0. The molecular weight excluding hydrogens is 366 g/mol. The first-order chi connectivity index (χ1) is 6.15. The van der Waals surface area contributed by atoms with Crippen molar-refractivity contribution >= 4 is 55.9 Å². The molecule has 0 aromatic heterocycles. The van der Waals surface area contributed by atoms with Gasteiger partial charge in [0.05, 0.1) is 0 Å². The van der Waals surface area contributed by atoms with Gasteiger partial charge in [0, 0.05) is 25.9 Å². The molecule has 1 aromatic carbocycles. The van der Waals surface area contributed by atoms with Crippen LogP contribution in [0.2, 0.25) is 0 Å². The fraction of sp³-hybridized carbons (Fsp3) is 0.222. The van der Waals surface area contributed by atoms with E-state index in [1.54, 1.807) is 6.07 Å². The highest BCUT2D eigenvalue weighted by atomic mass is 127. The Balaban J connectivity index is 2.90. The average molecular weight is 373 g/mol. The van der Waals surface area contributed by atoms with Crippen LogP contribution in [0.15, 0.2) is 22.7 Å². The van der Waals surface area contributed by atoms with E-state index < -0.39 is 0 Å². The monoisotopic (exact) mass is 372 g/mol. The smallest absolute Gasteiger partial charge is 0.164 e. The molecule has 0 heterocycles. The van der Waals surface area contributed by atoms with Crippen molar-refractivity contribution in [2.45, 2.75) is 6.42 Å². The first kappa shape index (κ1) is 11.5. The molecule has 1 aromatic rings. The van der Waals surface area contributed by atoms with Crippen LogP contribution in [0.3, 0.4) is 0 Å². The molecule has 1 rings (SSSR count). The Kier molecular flexibility index (Phi) is 4.69. The van der Waals surface area contributed by atoms with Gasteiger partial charge in [-0.25, -0.2) is 0 Å². The summed E-state index contributed by atoms with van der Waals surface area (Å²) in [6.07, 6.45) is 0.402. The minimum Gasteiger partial charge on any atom is -0.294 e. The Hall–Kier alpha value is 0.390. The summed E-state index contributed by atoms with van der Waals surface area (Å²) in [6, 6.07) is 5.55. The van der Waals surface area contributed by atoms with Gasteiger partial charge in [-0.1, -0.05) is 6.07 Å². The maximum Gasteiger partial charge on any atom is 0.164 e. The molecule has 0 unspecified atom stereocenters. The van der Waals surface area contributed by atoms with Gasteiger partial charge >= 0.3 is 0 Å². The molecule has 0 N–H and O–H groups in total. The number of carbonyl (C=O) groups is 1. The first-order valence-corrected chi connectivity index (χ1v) is 6.10. The molecule has 13 heavy (non-hydrogen) atoms. The third-order valence-corrected chi connectivity index (χ3v) is 4.08. The molecule has 0 aliphatic heterocycles. The standard InChI is InChI=1S/C9H7BrClIO/c10-7-2-1-6(5-8(7)12)9(13)3-4-11/h1-2,5H,3-4H2. The van der Waals surface area contributed by atoms with Gasteiger partial charge in [-0.15, -0.1) is 11.6 Å². The number of carbonyl (C=O) groups excluding carboxylic acids is 1. The summed E-state index contributed by atoms with van der Waals surface area (Å²) in [5.74, 6) is 0.478. The van der Waals surface area contributed by atoms with Crippen LogP contribution in [-0.4, -0.2) is 11.7 Å². The Morgan fingerprint density at radius 3 is 2.77 bits per heavy atom. The molecule has 0 spiro atoms. The first-order valence-electron chi connectivity index (χ1n) is 3.69. The van der Waals surface area contributed by atoms with Gasteiger partial charge in [0.15, 0.2) is 5.78 Å². The number of benzene rings is 1. The fourth-order valence-corrected chi connectivity index (χ4v) is 1.83. The predicted octanol–water partition coefficient (Wildman–Crippen LogP) is 3.87. The number of rotatable bonds is 3. The number of hydrogen-bond acceptors (Lipinski definition) is 1. The second-order valence-corrected chi connectivity index (χ2v) is 4.89. The molecule has 0 aliphatic rings. The SMILES string of the molecule is O=C(CCCl)c1ccc(Br)c(I)c1. The molecule has 0 bridgehead atoms. The minimum atomic E-state index is 0.0976. The Labute approximate surface area is 104 Å². The van der Waals surface area contributed by atoms with Crippen LogP contribution in [0.25, 0.3) is 0 Å².